The van der Waals surface area contributed by atoms with E-state index in [-0.39, 0.29) is 24.3 Å². The molecule has 0 spiro atoms. The first-order chi connectivity index (χ1) is 7.23. The Labute approximate surface area is 96.7 Å². The molecule has 1 amide bonds. The highest BCUT2D eigenvalue weighted by molar-refractivity contribution is 7.62. The predicted octanol–water partition coefficient (Wildman–Crippen LogP) is 1.27. The van der Waals surface area contributed by atoms with Crippen LogP contribution < -0.4 is 0 Å². The Morgan fingerprint density at radius 3 is 2.38 bits per heavy atom. The second-order valence-corrected chi connectivity index (χ2v) is 8.57. The number of carbonyl (C=O) groups is 1. The van der Waals surface area contributed by atoms with Gasteiger partial charge in [0.05, 0.1) is 25.5 Å². The van der Waals surface area contributed by atoms with Crippen molar-refractivity contribution in [2.24, 2.45) is 0 Å². The SMILES string of the molecule is CC(N(C)CC(=O)N(O)C1CC1)P(C)(C)=O. The van der Waals surface area contributed by atoms with Crippen LogP contribution in [-0.4, -0.2) is 59.8 Å². The van der Waals surface area contributed by atoms with Crippen molar-refractivity contribution >= 4 is 13.0 Å². The number of hydrogen-bond donors (Lipinski definition) is 1. The van der Waals surface area contributed by atoms with Crippen molar-refractivity contribution in [2.75, 3.05) is 26.9 Å². The number of amides is 1. The number of hydrogen-bond acceptors (Lipinski definition) is 4. The molecule has 5 nitrogen and oxygen atoms in total. The molecule has 1 fully saturated rings. The molecule has 1 N–H and O–H groups in total. The Hall–Kier alpha value is -0.380. The van der Waals surface area contributed by atoms with Gasteiger partial charge in [-0.05, 0) is 40.1 Å². The second kappa shape index (κ2) is 4.86. The first kappa shape index (κ1) is 13.7. The van der Waals surface area contributed by atoms with E-state index in [0.29, 0.717) is 0 Å². The molecule has 0 bridgehead atoms. The summed E-state index contributed by atoms with van der Waals surface area (Å²) in [5, 5.41) is 10.3. The standard InChI is InChI=1S/C10H21N2O3P/c1-8(16(3,4)15)11(2)7-10(13)12(14)9-5-6-9/h8-9,14H,5-7H2,1-4H3. The van der Waals surface area contributed by atoms with E-state index in [1.807, 2.05) is 6.92 Å². The van der Waals surface area contributed by atoms with Gasteiger partial charge in [0, 0.05) is 0 Å². The molecule has 0 aromatic rings. The van der Waals surface area contributed by atoms with Crippen LogP contribution in [0, 0.1) is 0 Å². The van der Waals surface area contributed by atoms with Crippen molar-refractivity contribution in [1.82, 2.24) is 9.96 Å². The summed E-state index contributed by atoms with van der Waals surface area (Å²) in [7, 11) is -0.481. The van der Waals surface area contributed by atoms with Crippen LogP contribution >= 0.6 is 7.14 Å². The van der Waals surface area contributed by atoms with Gasteiger partial charge in [0.15, 0.2) is 0 Å². The summed E-state index contributed by atoms with van der Waals surface area (Å²) >= 11 is 0. The smallest absolute Gasteiger partial charge is 0.260 e. The molecule has 0 radical (unpaired) electrons. The van der Waals surface area contributed by atoms with Gasteiger partial charge in [-0.2, -0.15) is 0 Å². The van der Waals surface area contributed by atoms with Crippen molar-refractivity contribution in [1.29, 1.82) is 0 Å². The fraction of sp³-hybridized carbons (Fsp3) is 0.900. The van der Waals surface area contributed by atoms with Crippen LogP contribution in [0.15, 0.2) is 0 Å². The fourth-order valence-electron chi connectivity index (χ4n) is 1.42. The van der Waals surface area contributed by atoms with E-state index in [2.05, 4.69) is 0 Å². The topological polar surface area (TPSA) is 60.9 Å². The van der Waals surface area contributed by atoms with Crippen LogP contribution in [0.5, 0.6) is 0 Å². The van der Waals surface area contributed by atoms with Crippen molar-refractivity contribution in [3.63, 3.8) is 0 Å². The largest absolute Gasteiger partial charge is 0.323 e. The Morgan fingerprint density at radius 1 is 1.50 bits per heavy atom. The van der Waals surface area contributed by atoms with Crippen LogP contribution in [-0.2, 0) is 9.36 Å². The lowest BCUT2D eigenvalue weighted by Crippen LogP contribution is -2.41. The molecule has 0 aliphatic heterocycles. The minimum absolute atomic E-state index is 0.00580. The monoisotopic (exact) mass is 248 g/mol. The van der Waals surface area contributed by atoms with Gasteiger partial charge < -0.3 is 4.57 Å². The number of carbonyl (C=O) groups excluding carboxylic acids is 1. The van der Waals surface area contributed by atoms with Crippen LogP contribution in [0.25, 0.3) is 0 Å². The molecule has 0 saturated heterocycles. The van der Waals surface area contributed by atoms with E-state index in [0.717, 1.165) is 17.9 Å². The molecule has 0 aromatic heterocycles. The van der Waals surface area contributed by atoms with Gasteiger partial charge in [0.2, 0.25) is 0 Å². The molecule has 1 saturated carbocycles. The quantitative estimate of drug-likeness (QED) is 0.452. The van der Waals surface area contributed by atoms with Gasteiger partial charge in [0.25, 0.3) is 5.91 Å². The summed E-state index contributed by atoms with van der Waals surface area (Å²) in [6.45, 7) is 5.36. The molecular formula is C10H21N2O3P. The summed E-state index contributed by atoms with van der Waals surface area (Å²) in [4.78, 5) is 13.3. The zero-order valence-corrected chi connectivity index (χ0v) is 11.3. The van der Waals surface area contributed by atoms with Crippen molar-refractivity contribution in [2.45, 2.75) is 31.6 Å². The Bertz CT molecular complexity index is 311. The number of hydroxylamine groups is 2. The second-order valence-electron chi connectivity index (χ2n) is 4.95. The molecule has 1 aliphatic carbocycles. The molecule has 16 heavy (non-hydrogen) atoms. The van der Waals surface area contributed by atoms with Crippen LogP contribution in [0.4, 0.5) is 0 Å². The average Bonchev–Trinajstić information content (AvgIpc) is 2.96. The summed E-state index contributed by atoms with van der Waals surface area (Å²) < 4.78 is 11.8. The number of likely N-dealkylation sites (N-methyl/N-ethyl adjacent to an activating group) is 1. The minimum atomic E-state index is -2.23. The molecule has 94 valence electrons. The van der Waals surface area contributed by atoms with E-state index in [4.69, 9.17) is 0 Å². The zero-order valence-electron chi connectivity index (χ0n) is 10.4. The minimum Gasteiger partial charge on any atom is -0.323 e. The van der Waals surface area contributed by atoms with Crippen molar-refractivity contribution in [3.05, 3.63) is 0 Å². The average molecular weight is 248 g/mol. The molecule has 1 aliphatic rings. The Morgan fingerprint density at radius 2 is 2.00 bits per heavy atom. The van der Waals surface area contributed by atoms with Crippen LogP contribution in [0.2, 0.25) is 0 Å². The van der Waals surface area contributed by atoms with Gasteiger partial charge in [0.1, 0.15) is 0 Å². The third-order valence-corrected chi connectivity index (χ3v) is 5.26. The van der Waals surface area contributed by atoms with E-state index in [1.165, 1.54) is 0 Å². The van der Waals surface area contributed by atoms with Crippen molar-refractivity contribution in [3.8, 4) is 0 Å². The van der Waals surface area contributed by atoms with Gasteiger partial charge >= 0.3 is 0 Å². The highest BCUT2D eigenvalue weighted by atomic mass is 31.2. The van der Waals surface area contributed by atoms with E-state index in [1.54, 1.807) is 25.3 Å². The summed E-state index contributed by atoms with van der Waals surface area (Å²) in [6.07, 6.45) is 1.75. The summed E-state index contributed by atoms with van der Waals surface area (Å²) in [5.74, 6) is -0.464. The molecule has 6 heteroatoms. The summed E-state index contributed by atoms with van der Waals surface area (Å²) in [6, 6.07) is 0.00580. The molecular weight excluding hydrogens is 227 g/mol. The lowest BCUT2D eigenvalue weighted by atomic mass is 10.4. The maximum absolute atomic E-state index is 11.8. The first-order valence-electron chi connectivity index (χ1n) is 5.49. The van der Waals surface area contributed by atoms with Crippen LogP contribution in [0.3, 0.4) is 0 Å². The normalized spacial score (nSPS) is 18.6. The van der Waals surface area contributed by atoms with Gasteiger partial charge in [-0.1, -0.05) is 0 Å². The third-order valence-electron chi connectivity index (χ3n) is 3.07. The third kappa shape index (κ3) is 3.58. The van der Waals surface area contributed by atoms with Gasteiger partial charge in [-0.25, -0.2) is 5.06 Å². The molecule has 1 unspecified atom stereocenters. The highest BCUT2D eigenvalue weighted by Gasteiger charge is 2.33. The van der Waals surface area contributed by atoms with Gasteiger partial charge in [-0.3, -0.25) is 14.9 Å². The first-order valence-corrected chi connectivity index (χ1v) is 8.16. The Balaban J connectivity index is 2.47. The predicted molar refractivity (Wildman–Crippen MR) is 63.2 cm³/mol. The molecule has 0 aromatic carbocycles. The molecule has 1 rings (SSSR count). The lowest BCUT2D eigenvalue weighted by molar-refractivity contribution is -0.168. The zero-order chi connectivity index (χ0) is 12.5. The maximum atomic E-state index is 11.8. The Kier molecular flexibility index (Phi) is 4.16. The number of nitrogens with zero attached hydrogens (tertiary/aromatic N) is 2. The van der Waals surface area contributed by atoms with E-state index < -0.39 is 7.14 Å². The van der Waals surface area contributed by atoms with E-state index >= 15 is 0 Å². The number of rotatable bonds is 5. The molecule has 1 atom stereocenters. The van der Waals surface area contributed by atoms with Crippen molar-refractivity contribution < 1.29 is 14.6 Å². The summed E-state index contributed by atoms with van der Waals surface area (Å²) in [5.41, 5.74) is 0. The lowest BCUT2D eigenvalue weighted by Gasteiger charge is -2.28. The molecule has 0 heterocycles. The highest BCUT2D eigenvalue weighted by Crippen LogP contribution is 2.43. The van der Waals surface area contributed by atoms with E-state index in [9.17, 15) is 14.6 Å². The fourth-order valence-corrected chi connectivity index (χ4v) is 2.45. The van der Waals surface area contributed by atoms with Crippen LogP contribution in [0.1, 0.15) is 19.8 Å². The van der Waals surface area contributed by atoms with Gasteiger partial charge in [-0.15, -0.1) is 0 Å². The maximum Gasteiger partial charge on any atom is 0.260 e.